The average Bonchev–Trinajstić information content (AvgIpc) is 3.12. The van der Waals surface area contributed by atoms with Crippen molar-refractivity contribution in [3.63, 3.8) is 0 Å². The summed E-state index contributed by atoms with van der Waals surface area (Å²) in [5.74, 6) is -0.904. The van der Waals surface area contributed by atoms with Gasteiger partial charge in [0.05, 0.1) is 23.0 Å². The molecule has 0 saturated heterocycles. The van der Waals surface area contributed by atoms with Crippen LogP contribution < -0.4 is 0 Å². The molecule has 0 aliphatic carbocycles. The average molecular weight is 330 g/mol. The first-order chi connectivity index (χ1) is 11.5. The molecule has 0 fully saturated rings. The number of aryl methyl sites for hydroxylation is 1. The molecule has 7 heteroatoms. The molecular weight excluding hydrogens is 317 g/mol. The quantitative estimate of drug-likeness (QED) is 0.585. The molecule has 122 valence electrons. The number of imidazole rings is 1. The van der Waals surface area contributed by atoms with Crippen molar-refractivity contribution in [3.05, 3.63) is 53.4 Å². The number of aromatic amines is 1. The molecule has 3 heterocycles. The third-order valence-electron chi connectivity index (χ3n) is 4.20. The second kappa shape index (κ2) is 5.09. The Morgan fingerprint density at radius 1 is 1.17 bits per heavy atom. The lowest BCUT2D eigenvalue weighted by atomic mass is 9.94. The topological polar surface area (TPSA) is 46.0 Å². The Morgan fingerprint density at radius 2 is 1.96 bits per heavy atom. The van der Waals surface area contributed by atoms with Gasteiger partial charge in [-0.2, -0.15) is 5.10 Å². The van der Waals surface area contributed by atoms with Crippen LogP contribution in [0.4, 0.5) is 13.2 Å². The summed E-state index contributed by atoms with van der Waals surface area (Å²) in [5.41, 5.74) is 2.46. The smallest absolute Gasteiger partial charge is 0.268 e. The lowest BCUT2D eigenvalue weighted by Crippen LogP contribution is -2.00. The summed E-state index contributed by atoms with van der Waals surface area (Å²) in [6, 6.07) is 3.62. The van der Waals surface area contributed by atoms with Crippen LogP contribution >= 0.6 is 0 Å². The van der Waals surface area contributed by atoms with Crippen molar-refractivity contribution in [3.8, 4) is 11.1 Å². The van der Waals surface area contributed by atoms with E-state index in [1.807, 2.05) is 29.8 Å². The fourth-order valence-corrected chi connectivity index (χ4v) is 3.15. The van der Waals surface area contributed by atoms with Crippen LogP contribution in [0.25, 0.3) is 27.7 Å². The number of hydrogen-bond donors (Lipinski definition) is 1. The number of nitrogens with zero attached hydrogens (tertiary/aromatic N) is 3. The minimum Gasteiger partial charge on any atom is -0.306 e. The maximum Gasteiger partial charge on any atom is 0.268 e. The standard InChI is InChI=1S/C17H13F3N4/c1-8-6-24-7-10(3-4-12(24)22-8)13-9(2)15(18)14(17(19)20)16-11(13)5-21-23-16/h3-7,17H,1-2H3,(H,21,23). The Hall–Kier alpha value is -2.83. The SMILES string of the molecule is Cc1cn2cc(-c3c(C)c(F)c(C(F)F)c4[nH]ncc34)ccc2n1. The fraction of sp³-hybridized carbons (Fsp3) is 0.176. The lowest BCUT2D eigenvalue weighted by molar-refractivity contribution is 0.148. The highest BCUT2D eigenvalue weighted by Gasteiger charge is 2.25. The Morgan fingerprint density at radius 3 is 2.71 bits per heavy atom. The van der Waals surface area contributed by atoms with Gasteiger partial charge in [-0.25, -0.2) is 18.2 Å². The molecule has 1 aromatic carbocycles. The maximum atomic E-state index is 14.6. The van der Waals surface area contributed by atoms with Crippen LogP contribution in [-0.4, -0.2) is 19.6 Å². The second-order valence-electron chi connectivity index (χ2n) is 5.75. The van der Waals surface area contributed by atoms with E-state index >= 15 is 0 Å². The van der Waals surface area contributed by atoms with Crippen molar-refractivity contribution in [1.29, 1.82) is 0 Å². The number of H-pyrrole nitrogens is 1. The van der Waals surface area contributed by atoms with Gasteiger partial charge in [0, 0.05) is 17.8 Å². The lowest BCUT2D eigenvalue weighted by Gasteiger charge is -2.13. The first-order valence-electron chi connectivity index (χ1n) is 7.36. The highest BCUT2D eigenvalue weighted by molar-refractivity contribution is 5.98. The highest BCUT2D eigenvalue weighted by Crippen LogP contribution is 2.39. The predicted octanol–water partition coefficient (Wildman–Crippen LogP) is 4.57. The summed E-state index contributed by atoms with van der Waals surface area (Å²) >= 11 is 0. The molecule has 0 saturated carbocycles. The van der Waals surface area contributed by atoms with Gasteiger partial charge in [0.1, 0.15) is 11.5 Å². The number of nitrogens with one attached hydrogen (secondary N) is 1. The Kier molecular flexibility index (Phi) is 3.13. The molecule has 24 heavy (non-hydrogen) atoms. The van der Waals surface area contributed by atoms with Crippen molar-refractivity contribution >= 4 is 16.6 Å². The summed E-state index contributed by atoms with van der Waals surface area (Å²) < 4.78 is 42.9. The number of pyridine rings is 1. The van der Waals surface area contributed by atoms with E-state index in [4.69, 9.17) is 0 Å². The number of benzene rings is 1. The van der Waals surface area contributed by atoms with Gasteiger partial charge in [-0.1, -0.05) is 0 Å². The molecule has 0 aliphatic rings. The third kappa shape index (κ3) is 2.01. The van der Waals surface area contributed by atoms with Gasteiger partial charge in [0.15, 0.2) is 0 Å². The summed E-state index contributed by atoms with van der Waals surface area (Å²) in [5, 5.41) is 6.81. The highest BCUT2D eigenvalue weighted by atomic mass is 19.3. The van der Waals surface area contributed by atoms with E-state index in [-0.39, 0.29) is 11.1 Å². The largest absolute Gasteiger partial charge is 0.306 e. The van der Waals surface area contributed by atoms with Crippen LogP contribution in [0.1, 0.15) is 23.2 Å². The van der Waals surface area contributed by atoms with Crippen LogP contribution in [-0.2, 0) is 0 Å². The fourth-order valence-electron chi connectivity index (χ4n) is 3.15. The van der Waals surface area contributed by atoms with Crippen LogP contribution in [0, 0.1) is 19.7 Å². The van der Waals surface area contributed by atoms with E-state index in [2.05, 4.69) is 15.2 Å². The maximum absolute atomic E-state index is 14.6. The van der Waals surface area contributed by atoms with Gasteiger partial charge in [-0.3, -0.25) is 5.10 Å². The van der Waals surface area contributed by atoms with E-state index in [9.17, 15) is 13.2 Å². The molecule has 0 atom stereocenters. The van der Waals surface area contributed by atoms with Crippen LogP contribution in [0.3, 0.4) is 0 Å². The molecule has 0 bridgehead atoms. The van der Waals surface area contributed by atoms with E-state index in [1.165, 1.54) is 13.1 Å². The van der Waals surface area contributed by atoms with Crippen molar-refractivity contribution in [2.45, 2.75) is 20.3 Å². The van der Waals surface area contributed by atoms with Crippen molar-refractivity contribution in [2.24, 2.45) is 0 Å². The molecular formula is C17H13F3N4. The third-order valence-corrected chi connectivity index (χ3v) is 4.20. The summed E-state index contributed by atoms with van der Waals surface area (Å²) in [4.78, 5) is 4.35. The molecule has 3 aromatic heterocycles. The van der Waals surface area contributed by atoms with E-state index in [0.29, 0.717) is 16.5 Å². The van der Waals surface area contributed by atoms with Crippen molar-refractivity contribution in [2.75, 3.05) is 0 Å². The van der Waals surface area contributed by atoms with Gasteiger partial charge in [0.25, 0.3) is 6.43 Å². The number of halogens is 3. The molecule has 0 aliphatic heterocycles. The van der Waals surface area contributed by atoms with Crippen LogP contribution in [0.2, 0.25) is 0 Å². The van der Waals surface area contributed by atoms with Crippen molar-refractivity contribution in [1.82, 2.24) is 19.6 Å². The molecule has 4 nitrogen and oxygen atoms in total. The molecule has 1 N–H and O–H groups in total. The molecule has 0 amide bonds. The first-order valence-corrected chi connectivity index (χ1v) is 7.36. The minimum absolute atomic E-state index is 0.0324. The van der Waals surface area contributed by atoms with E-state index in [1.54, 1.807) is 6.07 Å². The van der Waals surface area contributed by atoms with E-state index in [0.717, 1.165) is 11.3 Å². The van der Waals surface area contributed by atoms with Gasteiger partial charge >= 0.3 is 0 Å². The molecule has 0 radical (unpaired) electrons. The number of alkyl halides is 2. The number of hydrogen-bond acceptors (Lipinski definition) is 2. The van der Waals surface area contributed by atoms with Gasteiger partial charge in [-0.05, 0) is 42.7 Å². The monoisotopic (exact) mass is 330 g/mol. The van der Waals surface area contributed by atoms with Gasteiger partial charge in [0.2, 0.25) is 0 Å². The Labute approximate surface area is 134 Å². The number of aromatic nitrogens is 4. The predicted molar refractivity (Wildman–Crippen MR) is 84.7 cm³/mol. The minimum atomic E-state index is -2.92. The summed E-state index contributed by atoms with van der Waals surface area (Å²) in [6.45, 7) is 3.38. The molecule has 4 aromatic rings. The zero-order valence-corrected chi connectivity index (χ0v) is 12.9. The van der Waals surface area contributed by atoms with E-state index < -0.39 is 17.8 Å². The number of fused-ring (bicyclic) bond motifs is 2. The summed E-state index contributed by atoms with van der Waals surface area (Å²) in [7, 11) is 0. The first kappa shape index (κ1) is 14.7. The molecule has 0 unspecified atom stereocenters. The van der Waals surface area contributed by atoms with Crippen LogP contribution in [0.5, 0.6) is 0 Å². The van der Waals surface area contributed by atoms with Gasteiger partial charge < -0.3 is 4.40 Å². The Balaban J connectivity index is 2.07. The zero-order chi connectivity index (χ0) is 17.0. The summed E-state index contributed by atoms with van der Waals surface area (Å²) in [6.07, 6.45) is 2.20. The Bertz CT molecular complexity index is 1080. The van der Waals surface area contributed by atoms with Crippen molar-refractivity contribution < 1.29 is 13.2 Å². The second-order valence-corrected chi connectivity index (χ2v) is 5.75. The molecule has 4 rings (SSSR count). The zero-order valence-electron chi connectivity index (χ0n) is 12.9. The normalized spacial score (nSPS) is 11.9. The van der Waals surface area contributed by atoms with Gasteiger partial charge in [-0.15, -0.1) is 0 Å². The number of rotatable bonds is 2. The molecule has 0 spiro atoms. The van der Waals surface area contributed by atoms with Crippen LogP contribution in [0.15, 0.2) is 30.7 Å².